The molecule has 0 bridgehead atoms. The summed E-state index contributed by atoms with van der Waals surface area (Å²) in [4.78, 5) is 2.48. The molecule has 3 rings (SSSR count). The zero-order valence-corrected chi connectivity index (χ0v) is 16.9. The zero-order chi connectivity index (χ0) is 18.7. The average molecular weight is 366 g/mol. The van der Waals surface area contributed by atoms with Gasteiger partial charge in [0, 0.05) is 6.04 Å². The lowest BCUT2D eigenvalue weighted by Gasteiger charge is -2.20. The Morgan fingerprint density at radius 3 is 2.41 bits per heavy atom. The zero-order valence-electron chi connectivity index (χ0n) is 16.9. The molecule has 0 aliphatic carbocycles. The number of unbranched alkanes of at least 4 members (excludes halogenated alkanes) is 3. The normalized spacial score (nSPS) is 17.3. The summed E-state index contributed by atoms with van der Waals surface area (Å²) in [6.07, 6.45) is 11.3. The maximum absolute atomic E-state index is 6.16. The molecule has 0 saturated carbocycles. The van der Waals surface area contributed by atoms with E-state index in [2.05, 4.69) is 66.5 Å². The minimum absolute atomic E-state index is 0.710. The summed E-state index contributed by atoms with van der Waals surface area (Å²) < 4.78 is 6.16. The van der Waals surface area contributed by atoms with Crippen LogP contribution in [0.25, 0.3) is 0 Å². The molecule has 27 heavy (non-hydrogen) atoms. The number of hydrogen-bond donors (Lipinski definition) is 0. The Bertz CT molecular complexity index is 654. The molecule has 0 spiro atoms. The van der Waals surface area contributed by atoms with E-state index in [1.54, 1.807) is 0 Å². The Balaban J connectivity index is 1.33. The van der Waals surface area contributed by atoms with Crippen LogP contribution in [0.5, 0.6) is 5.75 Å². The Labute approximate surface area is 165 Å². The minimum Gasteiger partial charge on any atom is -0.493 e. The van der Waals surface area contributed by atoms with E-state index in [1.807, 2.05) is 0 Å². The standard InChI is InChI=1S/C25H35NO/c1-26-20-11-17-24(26)19-21-27-25-18-10-9-16-23(25)15-8-3-2-5-12-22-13-6-4-7-14-22/h4,6-7,9-10,13-14,16,18,24H,2-3,5,8,11-12,15,17,19-21H2,1H3. The smallest absolute Gasteiger partial charge is 0.122 e. The number of para-hydroxylation sites is 1. The van der Waals surface area contributed by atoms with Crippen molar-refractivity contribution in [2.24, 2.45) is 0 Å². The lowest BCUT2D eigenvalue weighted by atomic mass is 10.0. The highest BCUT2D eigenvalue weighted by molar-refractivity contribution is 5.33. The summed E-state index contributed by atoms with van der Waals surface area (Å²) in [6.45, 7) is 2.08. The van der Waals surface area contributed by atoms with Gasteiger partial charge in [-0.15, -0.1) is 0 Å². The molecule has 1 aliphatic heterocycles. The van der Waals surface area contributed by atoms with E-state index in [0.717, 1.165) is 25.2 Å². The van der Waals surface area contributed by atoms with E-state index >= 15 is 0 Å². The molecular formula is C25H35NO. The largest absolute Gasteiger partial charge is 0.493 e. The quantitative estimate of drug-likeness (QED) is 0.460. The number of likely N-dealkylation sites (tertiary alicyclic amines) is 1. The first-order chi connectivity index (χ1) is 13.3. The van der Waals surface area contributed by atoms with Crippen molar-refractivity contribution in [3.05, 3.63) is 65.7 Å². The Morgan fingerprint density at radius 2 is 1.63 bits per heavy atom. The molecule has 0 N–H and O–H groups in total. The van der Waals surface area contributed by atoms with Crippen LogP contribution in [0.1, 0.15) is 56.1 Å². The first-order valence-electron chi connectivity index (χ1n) is 10.8. The van der Waals surface area contributed by atoms with Crippen LogP contribution in [0.3, 0.4) is 0 Å². The summed E-state index contributed by atoms with van der Waals surface area (Å²) >= 11 is 0. The molecule has 1 heterocycles. The van der Waals surface area contributed by atoms with Gasteiger partial charge >= 0.3 is 0 Å². The van der Waals surface area contributed by atoms with Crippen molar-refractivity contribution in [1.82, 2.24) is 4.90 Å². The average Bonchev–Trinajstić information content (AvgIpc) is 3.11. The molecule has 1 fully saturated rings. The van der Waals surface area contributed by atoms with Gasteiger partial charge in [0.15, 0.2) is 0 Å². The van der Waals surface area contributed by atoms with Crippen molar-refractivity contribution in [1.29, 1.82) is 0 Å². The lowest BCUT2D eigenvalue weighted by molar-refractivity contribution is 0.232. The molecule has 2 aromatic rings. The van der Waals surface area contributed by atoms with Gasteiger partial charge in [-0.1, -0.05) is 61.4 Å². The van der Waals surface area contributed by atoms with Gasteiger partial charge < -0.3 is 9.64 Å². The van der Waals surface area contributed by atoms with Crippen molar-refractivity contribution in [3.63, 3.8) is 0 Å². The third-order valence-corrected chi connectivity index (χ3v) is 5.86. The molecule has 1 saturated heterocycles. The molecular weight excluding hydrogens is 330 g/mol. The third-order valence-electron chi connectivity index (χ3n) is 5.86. The highest BCUT2D eigenvalue weighted by Crippen LogP contribution is 2.23. The van der Waals surface area contributed by atoms with Crippen molar-refractivity contribution in [3.8, 4) is 5.75 Å². The number of nitrogens with zero attached hydrogens (tertiary/aromatic N) is 1. The van der Waals surface area contributed by atoms with Gasteiger partial charge in [-0.2, -0.15) is 0 Å². The second-order valence-corrected chi connectivity index (χ2v) is 7.92. The summed E-state index contributed by atoms with van der Waals surface area (Å²) in [7, 11) is 2.24. The van der Waals surface area contributed by atoms with Crippen LogP contribution in [0.2, 0.25) is 0 Å². The number of hydrogen-bond acceptors (Lipinski definition) is 2. The highest BCUT2D eigenvalue weighted by Gasteiger charge is 2.20. The van der Waals surface area contributed by atoms with Crippen LogP contribution in [-0.4, -0.2) is 31.1 Å². The van der Waals surface area contributed by atoms with E-state index in [9.17, 15) is 0 Å². The van der Waals surface area contributed by atoms with Crippen LogP contribution in [-0.2, 0) is 12.8 Å². The Kier molecular flexibility index (Phi) is 8.23. The van der Waals surface area contributed by atoms with Crippen molar-refractivity contribution >= 4 is 0 Å². The van der Waals surface area contributed by atoms with Crippen molar-refractivity contribution in [2.45, 2.75) is 63.8 Å². The molecule has 0 amide bonds. The van der Waals surface area contributed by atoms with E-state index in [1.165, 1.54) is 62.6 Å². The Morgan fingerprint density at radius 1 is 0.889 bits per heavy atom. The molecule has 1 unspecified atom stereocenters. The monoisotopic (exact) mass is 365 g/mol. The molecule has 2 heteroatoms. The second-order valence-electron chi connectivity index (χ2n) is 7.92. The van der Waals surface area contributed by atoms with E-state index in [4.69, 9.17) is 4.74 Å². The molecule has 1 atom stereocenters. The van der Waals surface area contributed by atoms with Crippen molar-refractivity contribution < 1.29 is 4.74 Å². The molecule has 0 aromatic heterocycles. The number of aryl methyl sites for hydroxylation is 2. The minimum atomic E-state index is 0.710. The Hall–Kier alpha value is -1.80. The van der Waals surface area contributed by atoms with Crippen molar-refractivity contribution in [2.75, 3.05) is 20.2 Å². The third kappa shape index (κ3) is 6.70. The summed E-state index contributed by atoms with van der Waals surface area (Å²) in [5, 5.41) is 0. The number of ether oxygens (including phenoxy) is 1. The fourth-order valence-electron chi connectivity index (χ4n) is 4.14. The van der Waals surface area contributed by atoms with Gasteiger partial charge in [-0.05, 0) is 75.7 Å². The first-order valence-corrected chi connectivity index (χ1v) is 10.8. The van der Waals surface area contributed by atoms with Crippen LogP contribution in [0.15, 0.2) is 54.6 Å². The fourth-order valence-corrected chi connectivity index (χ4v) is 4.14. The summed E-state index contributed by atoms with van der Waals surface area (Å²) in [6, 6.07) is 20.2. The lowest BCUT2D eigenvalue weighted by Crippen LogP contribution is -2.26. The molecule has 2 aromatic carbocycles. The van der Waals surface area contributed by atoms with Gasteiger partial charge in [0.25, 0.3) is 0 Å². The molecule has 146 valence electrons. The van der Waals surface area contributed by atoms with Crippen LogP contribution < -0.4 is 4.74 Å². The summed E-state index contributed by atoms with van der Waals surface area (Å²) in [5.74, 6) is 1.10. The molecule has 0 radical (unpaired) electrons. The SMILES string of the molecule is CN1CCCC1CCOc1ccccc1CCCCCCc1ccccc1. The van der Waals surface area contributed by atoms with E-state index in [-0.39, 0.29) is 0 Å². The second kappa shape index (κ2) is 11.1. The maximum Gasteiger partial charge on any atom is 0.122 e. The van der Waals surface area contributed by atoms with Crippen LogP contribution in [0, 0.1) is 0 Å². The van der Waals surface area contributed by atoms with E-state index < -0.39 is 0 Å². The highest BCUT2D eigenvalue weighted by atomic mass is 16.5. The maximum atomic E-state index is 6.16. The van der Waals surface area contributed by atoms with Gasteiger partial charge in [-0.25, -0.2) is 0 Å². The predicted molar refractivity (Wildman–Crippen MR) is 115 cm³/mol. The summed E-state index contributed by atoms with van der Waals surface area (Å²) in [5.41, 5.74) is 2.84. The van der Waals surface area contributed by atoms with Crippen LogP contribution >= 0.6 is 0 Å². The van der Waals surface area contributed by atoms with Gasteiger partial charge in [-0.3, -0.25) is 0 Å². The first kappa shape index (κ1) is 19.9. The van der Waals surface area contributed by atoms with Gasteiger partial charge in [0.2, 0.25) is 0 Å². The fraction of sp³-hybridized carbons (Fsp3) is 0.520. The van der Waals surface area contributed by atoms with Crippen LogP contribution in [0.4, 0.5) is 0 Å². The van der Waals surface area contributed by atoms with Gasteiger partial charge in [0.1, 0.15) is 5.75 Å². The predicted octanol–water partition coefficient (Wildman–Crippen LogP) is 5.90. The topological polar surface area (TPSA) is 12.5 Å². The molecule has 2 nitrogen and oxygen atoms in total. The van der Waals surface area contributed by atoms with Gasteiger partial charge in [0.05, 0.1) is 6.61 Å². The number of benzene rings is 2. The molecule has 1 aliphatic rings. The van der Waals surface area contributed by atoms with E-state index in [0.29, 0.717) is 6.04 Å². The number of rotatable bonds is 11.